The van der Waals surface area contributed by atoms with Crippen molar-refractivity contribution in [3.05, 3.63) is 176 Å². The van der Waals surface area contributed by atoms with E-state index in [9.17, 15) is 0 Å². The molecule has 0 aliphatic carbocycles. The number of benzene rings is 9. The molecular weight excluding hydrogens is 703 g/mol. The van der Waals surface area contributed by atoms with E-state index >= 15 is 0 Å². The summed E-state index contributed by atoms with van der Waals surface area (Å²) in [5, 5.41) is 11.9. The molecule has 0 saturated carbocycles. The number of thiophene rings is 1. The highest BCUT2D eigenvalue weighted by Crippen LogP contribution is 2.46. The van der Waals surface area contributed by atoms with E-state index in [4.69, 9.17) is 19.4 Å². The maximum Gasteiger partial charge on any atom is 0.164 e. The van der Waals surface area contributed by atoms with Gasteiger partial charge >= 0.3 is 0 Å². The zero-order valence-corrected chi connectivity index (χ0v) is 30.7. The average molecular weight is 732 g/mol. The molecule has 0 amide bonds. The number of nitrogens with zero attached hydrogens (tertiary/aromatic N) is 3. The van der Waals surface area contributed by atoms with Gasteiger partial charge < -0.3 is 4.42 Å². The van der Waals surface area contributed by atoms with Gasteiger partial charge in [-0.25, -0.2) is 15.0 Å². The summed E-state index contributed by atoms with van der Waals surface area (Å²) < 4.78 is 9.19. The lowest BCUT2D eigenvalue weighted by molar-refractivity contribution is 0.669. The van der Waals surface area contributed by atoms with Crippen LogP contribution in [0.5, 0.6) is 0 Å². The molecule has 56 heavy (non-hydrogen) atoms. The van der Waals surface area contributed by atoms with Crippen LogP contribution < -0.4 is 0 Å². The Morgan fingerprint density at radius 3 is 1.80 bits per heavy atom. The molecule has 0 radical (unpaired) electrons. The van der Waals surface area contributed by atoms with Crippen molar-refractivity contribution in [3.63, 3.8) is 0 Å². The second-order valence-corrected chi connectivity index (χ2v) is 15.4. The third-order valence-corrected chi connectivity index (χ3v) is 12.3. The summed E-state index contributed by atoms with van der Waals surface area (Å²) in [6.07, 6.45) is 0. The fraction of sp³-hybridized carbons (Fsp3) is 0. The zero-order valence-electron chi connectivity index (χ0n) is 29.9. The van der Waals surface area contributed by atoms with Crippen molar-refractivity contribution in [1.29, 1.82) is 0 Å². The van der Waals surface area contributed by atoms with Crippen LogP contribution in [0.3, 0.4) is 0 Å². The van der Waals surface area contributed by atoms with Crippen molar-refractivity contribution in [3.8, 4) is 45.3 Å². The fourth-order valence-electron chi connectivity index (χ4n) is 8.47. The van der Waals surface area contributed by atoms with Gasteiger partial charge in [0.25, 0.3) is 0 Å². The second-order valence-electron chi connectivity index (χ2n) is 14.3. The van der Waals surface area contributed by atoms with Gasteiger partial charge in [-0.2, -0.15) is 0 Å². The molecule has 0 saturated heterocycles. The van der Waals surface area contributed by atoms with Crippen molar-refractivity contribution in [1.82, 2.24) is 15.0 Å². The minimum absolute atomic E-state index is 0.599. The highest BCUT2D eigenvalue weighted by Gasteiger charge is 2.22. The quantitative estimate of drug-likeness (QED) is 0.169. The molecule has 0 aliphatic heterocycles. The van der Waals surface area contributed by atoms with Crippen LogP contribution in [0, 0.1) is 0 Å². The number of aromatic nitrogens is 3. The van der Waals surface area contributed by atoms with Gasteiger partial charge in [0.15, 0.2) is 17.5 Å². The Morgan fingerprint density at radius 2 is 0.964 bits per heavy atom. The predicted octanol–water partition coefficient (Wildman–Crippen LogP) is 14.3. The largest absolute Gasteiger partial charge is 0.456 e. The maximum atomic E-state index is 6.65. The van der Waals surface area contributed by atoms with E-state index in [1.807, 2.05) is 41.7 Å². The monoisotopic (exact) mass is 731 g/mol. The molecule has 5 heteroatoms. The summed E-state index contributed by atoms with van der Waals surface area (Å²) in [7, 11) is 0. The topological polar surface area (TPSA) is 51.8 Å². The first-order chi connectivity index (χ1) is 27.7. The molecule has 3 aromatic heterocycles. The number of hydrogen-bond donors (Lipinski definition) is 0. The van der Waals surface area contributed by atoms with Crippen LogP contribution in [0.4, 0.5) is 0 Å². The summed E-state index contributed by atoms with van der Waals surface area (Å²) in [5.41, 5.74) is 6.68. The molecular formula is C51H29N3OS. The van der Waals surface area contributed by atoms with Crippen molar-refractivity contribution in [2.75, 3.05) is 0 Å². The minimum Gasteiger partial charge on any atom is -0.456 e. The lowest BCUT2D eigenvalue weighted by atomic mass is 9.95. The SMILES string of the molecule is c1ccc(-c2nc(-c3ccc4c(ccc5ccccc54)c3)nc(-c3cccc4oc5cccc(-c6cccc7c6sc6cc8ccccc8cc67)c5c34)n2)cc1. The van der Waals surface area contributed by atoms with Gasteiger partial charge in [0.2, 0.25) is 0 Å². The number of furan rings is 1. The zero-order chi connectivity index (χ0) is 36.7. The van der Waals surface area contributed by atoms with Gasteiger partial charge in [-0.1, -0.05) is 146 Å². The van der Waals surface area contributed by atoms with E-state index in [2.05, 4.69) is 146 Å². The van der Waals surface area contributed by atoms with Crippen molar-refractivity contribution in [2.24, 2.45) is 0 Å². The Labute approximate surface area is 325 Å². The van der Waals surface area contributed by atoms with Gasteiger partial charge in [0.05, 0.1) is 0 Å². The predicted molar refractivity (Wildman–Crippen MR) is 234 cm³/mol. The van der Waals surface area contributed by atoms with Crippen LogP contribution in [-0.4, -0.2) is 15.0 Å². The number of fused-ring (bicyclic) bond motifs is 10. The van der Waals surface area contributed by atoms with Crippen LogP contribution in [0.2, 0.25) is 0 Å². The van der Waals surface area contributed by atoms with Crippen molar-refractivity contribution in [2.45, 2.75) is 0 Å². The van der Waals surface area contributed by atoms with Gasteiger partial charge in [0.1, 0.15) is 11.2 Å². The smallest absolute Gasteiger partial charge is 0.164 e. The Balaban J connectivity index is 1.10. The molecule has 0 fully saturated rings. The summed E-state index contributed by atoms with van der Waals surface area (Å²) in [6.45, 7) is 0. The third kappa shape index (κ3) is 4.81. The molecule has 0 unspecified atom stereocenters. The van der Waals surface area contributed by atoms with Crippen LogP contribution in [0.1, 0.15) is 0 Å². The highest BCUT2D eigenvalue weighted by atomic mass is 32.1. The Hall–Kier alpha value is -7.21. The molecule has 12 aromatic rings. The standard InChI is InChI=1S/C51H29N3OS/c1-2-12-31(13-3-1)49-52-50(35-25-26-37-34(27-35)24-23-30-11-6-7-16-36(30)37)54-51(53-49)41-20-10-22-44-47(41)46-38(17-9-21-43(46)55-44)39-18-8-19-40-42-28-32-14-4-5-15-33(32)29-45(42)56-48(39)40/h1-29H. The molecule has 9 aromatic carbocycles. The minimum atomic E-state index is 0.599. The van der Waals surface area contributed by atoms with Crippen molar-refractivity contribution < 1.29 is 4.42 Å². The van der Waals surface area contributed by atoms with Gasteiger partial charge in [-0.15, -0.1) is 11.3 Å². The summed E-state index contributed by atoms with van der Waals surface area (Å²) in [4.78, 5) is 15.5. The molecule has 4 nitrogen and oxygen atoms in total. The van der Waals surface area contributed by atoms with Crippen LogP contribution >= 0.6 is 11.3 Å². The van der Waals surface area contributed by atoms with Crippen molar-refractivity contribution >= 4 is 85.8 Å². The normalized spacial score (nSPS) is 11.9. The number of rotatable bonds is 4. The van der Waals surface area contributed by atoms with E-state index in [-0.39, 0.29) is 0 Å². The average Bonchev–Trinajstić information content (AvgIpc) is 3.83. The first-order valence-corrected chi connectivity index (χ1v) is 19.6. The Bertz CT molecular complexity index is 3550. The molecule has 0 aliphatic rings. The maximum absolute atomic E-state index is 6.65. The lowest BCUT2D eigenvalue weighted by Gasteiger charge is -2.11. The fourth-order valence-corrected chi connectivity index (χ4v) is 9.73. The summed E-state index contributed by atoms with van der Waals surface area (Å²) in [6, 6.07) is 62.0. The molecule has 0 spiro atoms. The molecule has 0 bridgehead atoms. The van der Waals surface area contributed by atoms with Crippen LogP contribution in [0.25, 0.3) is 120 Å². The van der Waals surface area contributed by atoms with E-state index < -0.39 is 0 Å². The first-order valence-electron chi connectivity index (χ1n) is 18.8. The van der Waals surface area contributed by atoms with Gasteiger partial charge in [-0.05, 0) is 68.2 Å². The summed E-state index contributed by atoms with van der Waals surface area (Å²) in [5.74, 6) is 1.84. The molecule has 0 N–H and O–H groups in total. The van der Waals surface area contributed by atoms with Gasteiger partial charge in [0, 0.05) is 53.2 Å². The third-order valence-electron chi connectivity index (χ3n) is 11.1. The van der Waals surface area contributed by atoms with Crippen LogP contribution in [0.15, 0.2) is 180 Å². The highest BCUT2D eigenvalue weighted by molar-refractivity contribution is 7.26. The van der Waals surface area contributed by atoms with E-state index in [0.29, 0.717) is 17.5 Å². The first kappa shape index (κ1) is 31.2. The molecule has 260 valence electrons. The lowest BCUT2D eigenvalue weighted by Crippen LogP contribution is -2.00. The summed E-state index contributed by atoms with van der Waals surface area (Å²) >= 11 is 1.85. The number of hydrogen-bond acceptors (Lipinski definition) is 5. The molecule has 0 atom stereocenters. The second kappa shape index (κ2) is 12.2. The molecule has 3 heterocycles. The Morgan fingerprint density at radius 1 is 0.357 bits per heavy atom. The van der Waals surface area contributed by atoms with E-state index in [1.165, 1.54) is 52.7 Å². The van der Waals surface area contributed by atoms with E-state index in [1.54, 1.807) is 0 Å². The Kier molecular flexibility index (Phi) is 6.76. The van der Waals surface area contributed by atoms with Crippen LogP contribution in [-0.2, 0) is 0 Å². The van der Waals surface area contributed by atoms with Gasteiger partial charge in [-0.3, -0.25) is 0 Å². The van der Waals surface area contributed by atoms with E-state index in [0.717, 1.165) is 49.6 Å². The molecule has 12 rings (SSSR count).